The second-order valence-corrected chi connectivity index (χ2v) is 9.37. The van der Waals surface area contributed by atoms with E-state index in [9.17, 15) is 20.0 Å². The number of phenols is 1. The van der Waals surface area contributed by atoms with Crippen molar-refractivity contribution in [2.75, 3.05) is 29.7 Å². The largest absolute Gasteiger partial charge is 0.508 e. The highest BCUT2D eigenvalue weighted by Gasteiger charge is 2.16. The number of nitro groups is 1. The van der Waals surface area contributed by atoms with E-state index >= 15 is 0 Å². The highest BCUT2D eigenvalue weighted by molar-refractivity contribution is 6.18. The van der Waals surface area contributed by atoms with E-state index in [0.29, 0.717) is 30.2 Å². The number of nitrogens with zero attached hydrogens (tertiary/aromatic N) is 2. The summed E-state index contributed by atoms with van der Waals surface area (Å²) in [6.45, 7) is 1.26. The van der Waals surface area contributed by atoms with Gasteiger partial charge in [-0.1, -0.05) is 36.4 Å². The third-order valence-corrected chi connectivity index (χ3v) is 6.24. The minimum absolute atomic E-state index is 0.1000. The molecule has 0 amide bonds. The zero-order valence-corrected chi connectivity index (χ0v) is 22.4. The zero-order valence-electron chi connectivity index (χ0n) is 20.9. The van der Waals surface area contributed by atoms with Crippen molar-refractivity contribution in [1.29, 1.82) is 0 Å². The number of aryl methyl sites for hydroxylation is 1. The lowest BCUT2D eigenvalue weighted by Crippen LogP contribution is -2.27. The maximum atomic E-state index is 12.3. The van der Waals surface area contributed by atoms with E-state index in [1.54, 1.807) is 42.5 Å². The van der Waals surface area contributed by atoms with Crippen LogP contribution in [0.2, 0.25) is 0 Å². The van der Waals surface area contributed by atoms with Crippen LogP contribution < -0.4 is 4.90 Å². The summed E-state index contributed by atoms with van der Waals surface area (Å²) < 4.78 is 5.37. The van der Waals surface area contributed by atoms with Crippen molar-refractivity contribution in [2.45, 2.75) is 25.9 Å². The zero-order chi connectivity index (χ0) is 27.3. The van der Waals surface area contributed by atoms with E-state index in [0.717, 1.165) is 35.5 Å². The molecular formula is C29H30Cl2N2O5. The minimum atomic E-state index is -0.484. The average Bonchev–Trinajstić information content (AvgIpc) is 2.92. The molecule has 0 unspecified atom stereocenters. The number of ether oxygens (including phenoxy) is 1. The highest BCUT2D eigenvalue weighted by Crippen LogP contribution is 2.23. The van der Waals surface area contributed by atoms with Gasteiger partial charge in [-0.2, -0.15) is 0 Å². The lowest BCUT2D eigenvalue weighted by atomic mass is 10.1. The summed E-state index contributed by atoms with van der Waals surface area (Å²) in [6, 6.07) is 19.4. The second kappa shape index (κ2) is 15.0. The molecule has 0 atom stereocenters. The minimum Gasteiger partial charge on any atom is -0.508 e. The van der Waals surface area contributed by atoms with Gasteiger partial charge in [0.1, 0.15) is 12.4 Å². The van der Waals surface area contributed by atoms with E-state index in [1.165, 1.54) is 6.07 Å². The smallest absolute Gasteiger partial charge is 0.306 e. The lowest BCUT2D eigenvalue weighted by Gasteiger charge is -2.23. The molecule has 200 valence electrons. The number of carbonyl (C=O) groups excluding carboxylic acids is 1. The number of esters is 1. The molecule has 7 nitrogen and oxygen atoms in total. The Morgan fingerprint density at radius 1 is 0.947 bits per heavy atom. The standard InChI is InChI=1S/C29H30Cl2N2O5/c30-16-18-32(19-17-31)26-11-6-22(7-12-26)2-1-3-29(35)38-21-25-20-24(10-15-28(25)33(36)37)5-4-23-8-13-27(34)14-9-23/h4-15,20,34H,1-3,16-19,21H2/b5-4+. The maximum absolute atomic E-state index is 12.3. The quantitative estimate of drug-likeness (QED) is 0.0769. The van der Waals surface area contributed by atoms with Crippen LogP contribution in [0.15, 0.2) is 66.7 Å². The number of hydrogen-bond acceptors (Lipinski definition) is 6. The van der Waals surface area contributed by atoms with Gasteiger partial charge in [0.15, 0.2) is 0 Å². The first kappa shape index (κ1) is 29.0. The molecule has 1 N–H and O–H groups in total. The number of rotatable bonds is 14. The summed E-state index contributed by atoms with van der Waals surface area (Å²) in [5.74, 6) is 0.804. The first-order valence-corrected chi connectivity index (χ1v) is 13.3. The molecule has 0 spiro atoms. The van der Waals surface area contributed by atoms with Gasteiger partial charge in [0.05, 0.1) is 10.5 Å². The molecule has 0 aromatic heterocycles. The number of carbonyl (C=O) groups is 1. The number of halogens is 2. The SMILES string of the molecule is O=C(CCCc1ccc(N(CCCl)CCCl)cc1)OCc1cc(/C=C/c2ccc(O)cc2)ccc1[N+](=O)[O-]. The van der Waals surface area contributed by atoms with Crippen LogP contribution in [0.5, 0.6) is 5.75 Å². The van der Waals surface area contributed by atoms with E-state index in [-0.39, 0.29) is 24.5 Å². The topological polar surface area (TPSA) is 92.9 Å². The van der Waals surface area contributed by atoms with E-state index in [4.69, 9.17) is 27.9 Å². The molecule has 0 aliphatic heterocycles. The van der Waals surface area contributed by atoms with Gasteiger partial charge in [0, 0.05) is 43.0 Å². The van der Waals surface area contributed by atoms with Crippen molar-refractivity contribution in [3.63, 3.8) is 0 Å². The van der Waals surface area contributed by atoms with Gasteiger partial charge >= 0.3 is 5.97 Å². The van der Waals surface area contributed by atoms with Crippen molar-refractivity contribution in [1.82, 2.24) is 0 Å². The van der Waals surface area contributed by atoms with Gasteiger partial charge in [0.2, 0.25) is 0 Å². The summed E-state index contributed by atoms with van der Waals surface area (Å²) in [4.78, 5) is 25.4. The van der Waals surface area contributed by atoms with Crippen LogP contribution in [-0.2, 0) is 22.6 Å². The van der Waals surface area contributed by atoms with E-state index in [2.05, 4.69) is 4.90 Å². The summed E-state index contributed by atoms with van der Waals surface area (Å²) in [7, 11) is 0. The average molecular weight is 557 g/mol. The molecule has 9 heteroatoms. The predicted molar refractivity (Wildman–Crippen MR) is 153 cm³/mol. The number of alkyl halides is 2. The molecule has 0 saturated carbocycles. The Labute approximate surface area is 232 Å². The normalized spacial score (nSPS) is 11.0. The summed E-state index contributed by atoms with van der Waals surface area (Å²) in [6.07, 6.45) is 5.15. The van der Waals surface area contributed by atoms with Crippen LogP contribution in [0.3, 0.4) is 0 Å². The summed E-state index contributed by atoms with van der Waals surface area (Å²) >= 11 is 11.8. The fourth-order valence-corrected chi connectivity index (χ4v) is 4.30. The predicted octanol–water partition coefficient (Wildman–Crippen LogP) is 6.82. The number of aromatic hydroxyl groups is 1. The Bertz CT molecular complexity index is 1220. The Morgan fingerprint density at radius 2 is 1.58 bits per heavy atom. The van der Waals surface area contributed by atoms with Gasteiger partial charge in [-0.3, -0.25) is 14.9 Å². The van der Waals surface area contributed by atoms with Crippen molar-refractivity contribution >= 4 is 52.7 Å². The monoisotopic (exact) mass is 556 g/mol. The number of benzene rings is 3. The van der Waals surface area contributed by atoms with Crippen LogP contribution in [0.25, 0.3) is 12.2 Å². The molecule has 0 saturated heterocycles. The lowest BCUT2D eigenvalue weighted by molar-refractivity contribution is -0.385. The Kier molecular flexibility index (Phi) is 11.5. The molecule has 3 aromatic carbocycles. The fourth-order valence-electron chi connectivity index (χ4n) is 3.90. The third-order valence-electron chi connectivity index (χ3n) is 5.91. The van der Waals surface area contributed by atoms with Crippen molar-refractivity contribution in [2.24, 2.45) is 0 Å². The van der Waals surface area contributed by atoms with Crippen molar-refractivity contribution < 1.29 is 19.6 Å². The Balaban J connectivity index is 1.53. The molecule has 0 fully saturated rings. The summed E-state index contributed by atoms with van der Waals surface area (Å²) in [5.41, 5.74) is 3.97. The molecule has 0 aliphatic rings. The van der Waals surface area contributed by atoms with Crippen molar-refractivity contribution in [3.05, 3.63) is 99.1 Å². The second-order valence-electron chi connectivity index (χ2n) is 8.62. The van der Waals surface area contributed by atoms with Gasteiger partial charge in [-0.15, -0.1) is 23.2 Å². The van der Waals surface area contributed by atoms with Crippen LogP contribution in [-0.4, -0.2) is 40.8 Å². The molecule has 0 bridgehead atoms. The number of phenolic OH excluding ortho intramolecular Hbond substituents is 1. The van der Waals surface area contributed by atoms with Crippen LogP contribution >= 0.6 is 23.2 Å². The molecule has 0 heterocycles. The molecular weight excluding hydrogens is 527 g/mol. The first-order valence-electron chi connectivity index (χ1n) is 12.3. The molecule has 0 radical (unpaired) electrons. The van der Waals surface area contributed by atoms with Gasteiger partial charge < -0.3 is 14.7 Å². The number of nitro benzene ring substituents is 1. The van der Waals surface area contributed by atoms with E-state index in [1.807, 2.05) is 30.3 Å². The van der Waals surface area contributed by atoms with Gasteiger partial charge in [0.25, 0.3) is 5.69 Å². The van der Waals surface area contributed by atoms with Crippen LogP contribution in [0.1, 0.15) is 35.1 Å². The van der Waals surface area contributed by atoms with Crippen molar-refractivity contribution in [3.8, 4) is 5.75 Å². The van der Waals surface area contributed by atoms with Gasteiger partial charge in [-0.05, 0) is 65.9 Å². The number of hydrogen-bond donors (Lipinski definition) is 1. The Hall–Kier alpha value is -3.55. The third kappa shape index (κ3) is 9.08. The highest BCUT2D eigenvalue weighted by atomic mass is 35.5. The van der Waals surface area contributed by atoms with Crippen LogP contribution in [0, 0.1) is 10.1 Å². The van der Waals surface area contributed by atoms with E-state index < -0.39 is 10.9 Å². The first-order chi connectivity index (χ1) is 18.4. The molecule has 3 aromatic rings. The Morgan fingerprint density at radius 3 is 2.21 bits per heavy atom. The fraction of sp³-hybridized carbons (Fsp3) is 0.276. The molecule has 0 aliphatic carbocycles. The molecule has 38 heavy (non-hydrogen) atoms. The number of anilines is 1. The summed E-state index contributed by atoms with van der Waals surface area (Å²) in [5, 5.41) is 20.9. The maximum Gasteiger partial charge on any atom is 0.306 e. The van der Waals surface area contributed by atoms with Crippen LogP contribution in [0.4, 0.5) is 11.4 Å². The molecule has 3 rings (SSSR count). The van der Waals surface area contributed by atoms with Gasteiger partial charge in [-0.25, -0.2) is 0 Å².